The summed E-state index contributed by atoms with van der Waals surface area (Å²) in [5.41, 5.74) is 7.74. The fourth-order valence-electron chi connectivity index (χ4n) is 6.89. The number of nitrogens with one attached hydrogen (secondary N) is 1. The van der Waals surface area contributed by atoms with Gasteiger partial charge in [-0.25, -0.2) is 9.97 Å². The zero-order valence-corrected chi connectivity index (χ0v) is 27.6. The van der Waals surface area contributed by atoms with Crippen LogP contribution in [0.3, 0.4) is 0 Å². The Morgan fingerprint density at radius 1 is 1.10 bits per heavy atom. The van der Waals surface area contributed by atoms with Gasteiger partial charge in [0, 0.05) is 56.5 Å². The summed E-state index contributed by atoms with van der Waals surface area (Å²) in [5.74, 6) is -0.792. The second kappa shape index (κ2) is 12.5. The lowest BCUT2D eigenvalue weighted by Crippen LogP contribution is -2.27. The Morgan fingerprint density at radius 2 is 1.88 bits per heavy atom. The van der Waals surface area contributed by atoms with Gasteiger partial charge in [-0.15, -0.1) is 0 Å². The van der Waals surface area contributed by atoms with Gasteiger partial charge in [0.05, 0.1) is 27.9 Å². The van der Waals surface area contributed by atoms with Gasteiger partial charge in [0.15, 0.2) is 11.4 Å². The standard InChI is InChI=1S/C36H34ClN7O4/c1-20-23(25-8-5-9-28(26(25)16-38)40-34(45)33-39-30-19-42(2)12-11-31(30)43(33)3)6-4-7-24(20)35-41-29-15-21(14-27(37)32(29)48-35)17-44-13-10-22(18-44)36(46)47/h4-9,14-15,22H,10-13,17-19H2,1-3H3,(H,40,45)(H,46,47). The molecule has 1 atom stereocenters. The zero-order valence-electron chi connectivity index (χ0n) is 26.9. The molecule has 2 aromatic heterocycles. The maximum atomic E-state index is 13.5. The number of carbonyl (C=O) groups is 2. The van der Waals surface area contributed by atoms with Crippen LogP contribution in [0.15, 0.2) is 52.9 Å². The molecule has 0 spiro atoms. The van der Waals surface area contributed by atoms with Crippen LogP contribution in [0.4, 0.5) is 5.69 Å². The van der Waals surface area contributed by atoms with Crippen molar-refractivity contribution in [1.29, 1.82) is 5.26 Å². The number of carboxylic acids is 1. The van der Waals surface area contributed by atoms with Gasteiger partial charge in [0.1, 0.15) is 11.6 Å². The molecule has 0 bridgehead atoms. The Bertz CT molecular complexity index is 2150. The van der Waals surface area contributed by atoms with Crippen LogP contribution in [-0.2, 0) is 31.4 Å². The Kier molecular flexibility index (Phi) is 8.25. The van der Waals surface area contributed by atoms with Crippen molar-refractivity contribution < 1.29 is 19.1 Å². The molecular weight excluding hydrogens is 630 g/mol. The Morgan fingerprint density at radius 3 is 2.65 bits per heavy atom. The predicted octanol–water partition coefficient (Wildman–Crippen LogP) is 5.88. The lowest BCUT2D eigenvalue weighted by molar-refractivity contribution is -0.141. The van der Waals surface area contributed by atoms with E-state index in [-0.39, 0.29) is 11.8 Å². The monoisotopic (exact) mass is 663 g/mol. The summed E-state index contributed by atoms with van der Waals surface area (Å²) in [4.78, 5) is 38.6. The normalized spacial score (nSPS) is 16.6. The van der Waals surface area contributed by atoms with Crippen molar-refractivity contribution in [1.82, 2.24) is 24.3 Å². The molecule has 7 rings (SSSR count). The molecule has 12 heteroatoms. The highest BCUT2D eigenvalue weighted by Crippen LogP contribution is 2.38. The smallest absolute Gasteiger partial charge is 0.307 e. The number of aromatic nitrogens is 3. The molecule has 2 aliphatic rings. The molecule has 1 fully saturated rings. The van der Waals surface area contributed by atoms with E-state index in [2.05, 4.69) is 26.2 Å². The fourth-order valence-corrected chi connectivity index (χ4v) is 7.17. The zero-order chi connectivity index (χ0) is 33.7. The molecule has 0 radical (unpaired) electrons. The van der Waals surface area contributed by atoms with Crippen LogP contribution >= 0.6 is 11.6 Å². The van der Waals surface area contributed by atoms with Crippen LogP contribution in [0.25, 0.3) is 33.7 Å². The Balaban J connectivity index is 1.18. The quantitative estimate of drug-likeness (QED) is 0.219. The van der Waals surface area contributed by atoms with Crippen LogP contribution in [0.5, 0.6) is 0 Å². The van der Waals surface area contributed by atoms with Crippen LogP contribution in [0, 0.1) is 24.2 Å². The highest BCUT2D eigenvalue weighted by molar-refractivity contribution is 6.34. The summed E-state index contributed by atoms with van der Waals surface area (Å²) in [6.07, 6.45) is 1.44. The first-order valence-corrected chi connectivity index (χ1v) is 16.2. The minimum Gasteiger partial charge on any atom is -0.481 e. The molecule has 2 N–H and O–H groups in total. The molecule has 0 aliphatic carbocycles. The molecule has 3 aromatic carbocycles. The third-order valence-electron chi connectivity index (χ3n) is 9.46. The van der Waals surface area contributed by atoms with E-state index >= 15 is 0 Å². The maximum absolute atomic E-state index is 13.5. The van der Waals surface area contributed by atoms with Gasteiger partial charge < -0.3 is 24.3 Å². The van der Waals surface area contributed by atoms with Crippen LogP contribution in [0.1, 0.15) is 45.1 Å². The molecule has 11 nitrogen and oxygen atoms in total. The molecule has 1 amide bonds. The maximum Gasteiger partial charge on any atom is 0.307 e. The van der Waals surface area contributed by atoms with Crippen LogP contribution in [-0.4, -0.2) is 68.0 Å². The van der Waals surface area contributed by atoms with Gasteiger partial charge in [0.25, 0.3) is 5.91 Å². The average Bonchev–Trinajstić information content (AvgIpc) is 3.79. The number of benzene rings is 3. The van der Waals surface area contributed by atoms with Gasteiger partial charge in [-0.1, -0.05) is 35.9 Å². The number of aliphatic carboxylic acids is 1. The van der Waals surface area contributed by atoms with E-state index in [1.807, 2.05) is 68.1 Å². The lowest BCUT2D eigenvalue weighted by Gasteiger charge is -2.21. The second-order valence-electron chi connectivity index (χ2n) is 12.7. The molecule has 5 aromatic rings. The first kappa shape index (κ1) is 31.6. The number of fused-ring (bicyclic) bond motifs is 2. The SMILES string of the molecule is Cc1c(-c2nc3cc(CN4CCC(C(=O)O)C4)cc(Cl)c3o2)cccc1-c1cccc(NC(=O)c2nc3c(n2C)CCN(C)C3)c1C#N. The number of hydrogen-bond donors (Lipinski definition) is 2. The summed E-state index contributed by atoms with van der Waals surface area (Å²) in [7, 11) is 3.89. The lowest BCUT2D eigenvalue weighted by atomic mass is 9.92. The molecule has 48 heavy (non-hydrogen) atoms. The molecule has 2 aliphatic heterocycles. The van der Waals surface area contributed by atoms with Crippen molar-refractivity contribution >= 4 is 40.3 Å². The van der Waals surface area contributed by atoms with Gasteiger partial charge in [-0.3, -0.25) is 14.5 Å². The van der Waals surface area contributed by atoms with E-state index in [9.17, 15) is 20.0 Å². The van der Waals surface area contributed by atoms with Crippen molar-refractivity contribution in [3.63, 3.8) is 0 Å². The van der Waals surface area contributed by atoms with Gasteiger partial charge in [-0.2, -0.15) is 5.26 Å². The highest BCUT2D eigenvalue weighted by atomic mass is 35.5. The summed E-state index contributed by atoms with van der Waals surface area (Å²) in [6.45, 7) is 5.31. The number of carboxylic acid groups (broad SMARTS) is 1. The number of amides is 1. The molecule has 1 unspecified atom stereocenters. The van der Waals surface area contributed by atoms with Gasteiger partial charge in [-0.05, 0) is 67.9 Å². The first-order chi connectivity index (χ1) is 23.1. The van der Waals surface area contributed by atoms with E-state index < -0.39 is 5.97 Å². The topological polar surface area (TPSA) is 141 Å². The van der Waals surface area contributed by atoms with Crippen molar-refractivity contribution in [3.05, 3.63) is 87.5 Å². The third-order valence-corrected chi connectivity index (χ3v) is 9.74. The molecule has 1 saturated heterocycles. The van der Waals surface area contributed by atoms with Crippen LogP contribution < -0.4 is 5.32 Å². The van der Waals surface area contributed by atoms with Crippen LogP contribution in [0.2, 0.25) is 5.02 Å². The largest absolute Gasteiger partial charge is 0.481 e. The number of carbonyl (C=O) groups excluding carboxylic acids is 1. The number of nitrogens with zero attached hydrogens (tertiary/aromatic N) is 6. The van der Waals surface area contributed by atoms with Crippen molar-refractivity contribution in [2.45, 2.75) is 32.9 Å². The molecule has 4 heterocycles. The number of imidazole rings is 1. The summed E-state index contributed by atoms with van der Waals surface area (Å²) in [6, 6.07) is 17.2. The predicted molar refractivity (Wildman–Crippen MR) is 182 cm³/mol. The minimum absolute atomic E-state index is 0.311. The second-order valence-corrected chi connectivity index (χ2v) is 13.1. The van der Waals surface area contributed by atoms with E-state index in [0.29, 0.717) is 77.3 Å². The number of rotatable bonds is 7. The van der Waals surface area contributed by atoms with Crippen molar-refractivity contribution in [2.75, 3.05) is 32.0 Å². The number of anilines is 1. The minimum atomic E-state index is -0.765. The first-order valence-electron chi connectivity index (χ1n) is 15.8. The average molecular weight is 664 g/mol. The number of nitriles is 1. The van der Waals surface area contributed by atoms with E-state index in [0.717, 1.165) is 46.6 Å². The number of hydrogen-bond acceptors (Lipinski definition) is 8. The highest BCUT2D eigenvalue weighted by Gasteiger charge is 2.29. The molecular formula is C36H34ClN7O4. The molecule has 0 saturated carbocycles. The van der Waals surface area contributed by atoms with Crippen molar-refractivity contribution in [3.8, 4) is 28.7 Å². The number of oxazole rings is 1. The summed E-state index contributed by atoms with van der Waals surface area (Å²) >= 11 is 6.66. The van der Waals surface area contributed by atoms with Crippen molar-refractivity contribution in [2.24, 2.45) is 13.0 Å². The van der Waals surface area contributed by atoms with Gasteiger partial charge in [0.2, 0.25) is 5.89 Å². The number of halogens is 1. The molecule has 244 valence electrons. The number of likely N-dealkylation sites (tertiary alicyclic amines) is 1. The Hall–Kier alpha value is -5.02. The summed E-state index contributed by atoms with van der Waals surface area (Å²) in [5, 5.41) is 23.1. The van der Waals surface area contributed by atoms with E-state index in [1.165, 1.54) is 0 Å². The fraction of sp³-hybridized carbons (Fsp3) is 0.306. The Labute approximate surface area is 282 Å². The van der Waals surface area contributed by atoms with Gasteiger partial charge >= 0.3 is 5.97 Å². The summed E-state index contributed by atoms with van der Waals surface area (Å²) < 4.78 is 8.04. The van der Waals surface area contributed by atoms with E-state index in [1.54, 1.807) is 6.07 Å². The number of likely N-dealkylation sites (N-methyl/N-ethyl adjacent to an activating group) is 1. The van der Waals surface area contributed by atoms with E-state index in [4.69, 9.17) is 21.0 Å². The third kappa shape index (κ3) is 5.72.